The summed E-state index contributed by atoms with van der Waals surface area (Å²) in [7, 11) is 1.66. The SMILES string of the molecule is CC(=O)N1CCC(=O)N1C1CCC(Oc2cc(=O)n(C)cc2-c2cc(C(C)(C)O)ccc2Oc2c(C)cc(F)cc2C)CC1. The number of aromatic nitrogens is 1. The van der Waals surface area contributed by atoms with Crippen molar-refractivity contribution in [2.75, 3.05) is 6.54 Å². The Labute approximate surface area is 256 Å². The minimum Gasteiger partial charge on any atom is -0.490 e. The Bertz CT molecular complexity index is 1630. The maximum atomic E-state index is 14.1. The number of aliphatic hydroxyl groups is 1. The summed E-state index contributed by atoms with van der Waals surface area (Å²) in [5, 5.41) is 14.0. The van der Waals surface area contributed by atoms with Crippen molar-refractivity contribution < 1.29 is 28.6 Å². The van der Waals surface area contributed by atoms with Gasteiger partial charge in [0.1, 0.15) is 23.1 Å². The van der Waals surface area contributed by atoms with Crippen molar-refractivity contribution in [2.24, 2.45) is 7.05 Å². The first kappa shape index (κ1) is 31.3. The van der Waals surface area contributed by atoms with Crippen molar-refractivity contribution in [3.8, 4) is 28.4 Å². The first-order valence-electron chi connectivity index (χ1n) is 15.0. The Balaban J connectivity index is 1.49. The molecule has 0 atom stereocenters. The fraction of sp³-hybridized carbons (Fsp3) is 0.441. The highest BCUT2D eigenvalue weighted by Gasteiger charge is 2.38. The van der Waals surface area contributed by atoms with Gasteiger partial charge in [0.15, 0.2) is 0 Å². The number of carbonyl (C=O) groups is 2. The number of nitrogens with zero attached hydrogens (tertiary/aromatic N) is 3. The second-order valence-corrected chi connectivity index (χ2v) is 12.4. The van der Waals surface area contributed by atoms with Crippen molar-refractivity contribution >= 4 is 11.8 Å². The van der Waals surface area contributed by atoms with Crippen LogP contribution in [0.5, 0.6) is 17.2 Å². The molecule has 0 radical (unpaired) electrons. The van der Waals surface area contributed by atoms with Crippen LogP contribution in [0.3, 0.4) is 0 Å². The van der Waals surface area contributed by atoms with Gasteiger partial charge in [-0.1, -0.05) is 6.07 Å². The molecule has 2 aromatic carbocycles. The fourth-order valence-corrected chi connectivity index (χ4v) is 6.15. The predicted molar refractivity (Wildman–Crippen MR) is 164 cm³/mol. The van der Waals surface area contributed by atoms with Crippen LogP contribution in [0, 0.1) is 19.7 Å². The Morgan fingerprint density at radius 2 is 1.64 bits per heavy atom. The maximum Gasteiger partial charge on any atom is 0.254 e. The highest BCUT2D eigenvalue weighted by Crippen LogP contribution is 2.42. The zero-order chi connectivity index (χ0) is 31.9. The van der Waals surface area contributed by atoms with Gasteiger partial charge in [0.25, 0.3) is 5.56 Å². The van der Waals surface area contributed by atoms with E-state index in [0.29, 0.717) is 83.7 Å². The Hall–Kier alpha value is -4.18. The lowest BCUT2D eigenvalue weighted by Gasteiger charge is -2.38. The van der Waals surface area contributed by atoms with Crippen LogP contribution >= 0.6 is 0 Å². The van der Waals surface area contributed by atoms with Crippen LogP contribution in [-0.4, -0.2) is 50.2 Å². The number of carbonyl (C=O) groups excluding carboxylic acids is 2. The molecule has 3 aromatic rings. The summed E-state index contributed by atoms with van der Waals surface area (Å²) in [6.07, 6.45) is 4.39. The largest absolute Gasteiger partial charge is 0.490 e. The van der Waals surface area contributed by atoms with E-state index in [-0.39, 0.29) is 35.3 Å². The first-order chi connectivity index (χ1) is 20.7. The molecule has 1 aliphatic carbocycles. The van der Waals surface area contributed by atoms with Crippen LogP contribution in [0.2, 0.25) is 0 Å². The molecule has 10 heteroatoms. The molecule has 2 heterocycles. The summed E-state index contributed by atoms with van der Waals surface area (Å²) in [5.74, 6) is 0.826. The van der Waals surface area contributed by atoms with Crippen molar-refractivity contribution in [1.82, 2.24) is 14.6 Å². The molecule has 1 aliphatic heterocycles. The molecule has 2 fully saturated rings. The molecule has 44 heavy (non-hydrogen) atoms. The Morgan fingerprint density at radius 1 is 0.977 bits per heavy atom. The van der Waals surface area contributed by atoms with Gasteiger partial charge >= 0.3 is 0 Å². The second kappa shape index (κ2) is 12.1. The van der Waals surface area contributed by atoms with Gasteiger partial charge in [-0.25, -0.2) is 9.40 Å². The molecule has 1 saturated carbocycles. The molecule has 2 amide bonds. The molecule has 5 rings (SSSR count). The molecule has 234 valence electrons. The molecule has 0 spiro atoms. The summed E-state index contributed by atoms with van der Waals surface area (Å²) in [6, 6.07) is 9.56. The maximum absolute atomic E-state index is 14.1. The van der Waals surface area contributed by atoms with Crippen molar-refractivity contribution in [3.05, 3.63) is 75.5 Å². The summed E-state index contributed by atoms with van der Waals surface area (Å²) >= 11 is 0. The van der Waals surface area contributed by atoms with Crippen LogP contribution < -0.4 is 15.0 Å². The van der Waals surface area contributed by atoms with E-state index in [9.17, 15) is 23.9 Å². The number of hydrazine groups is 1. The van der Waals surface area contributed by atoms with E-state index in [2.05, 4.69) is 0 Å². The Kier molecular flexibility index (Phi) is 8.57. The second-order valence-electron chi connectivity index (χ2n) is 12.4. The van der Waals surface area contributed by atoms with E-state index in [1.807, 2.05) is 6.07 Å². The standard InChI is InChI=1S/C34H40FN3O6/c1-20-15-24(35)16-21(2)33(20)44-29-12-7-23(34(4,5)42)17-27(29)28-19-36(6)32(41)18-30(28)43-26-10-8-25(9-11-26)38-31(40)13-14-37(38)22(3)39/h7,12,15-19,25-26,42H,8-11,13-14H2,1-6H3. The zero-order valence-electron chi connectivity index (χ0n) is 26.1. The van der Waals surface area contributed by atoms with Gasteiger partial charge in [0.2, 0.25) is 11.8 Å². The number of hydrogen-bond donors (Lipinski definition) is 1. The van der Waals surface area contributed by atoms with Crippen LogP contribution in [0.4, 0.5) is 4.39 Å². The van der Waals surface area contributed by atoms with Crippen molar-refractivity contribution in [2.45, 2.75) is 84.5 Å². The topological polar surface area (TPSA) is 101 Å². The average molecular weight is 606 g/mol. The molecule has 0 unspecified atom stereocenters. The van der Waals surface area contributed by atoms with Gasteiger partial charge in [-0.2, -0.15) is 0 Å². The number of amides is 2. The number of ether oxygens (including phenoxy) is 2. The molecule has 1 N–H and O–H groups in total. The smallest absolute Gasteiger partial charge is 0.254 e. The highest BCUT2D eigenvalue weighted by molar-refractivity contribution is 5.84. The minimum absolute atomic E-state index is 0.0377. The minimum atomic E-state index is -1.16. The normalized spacial score (nSPS) is 19.0. The van der Waals surface area contributed by atoms with E-state index in [1.165, 1.54) is 34.7 Å². The Morgan fingerprint density at radius 3 is 2.25 bits per heavy atom. The summed E-state index contributed by atoms with van der Waals surface area (Å²) in [4.78, 5) is 37.5. The molecule has 2 aliphatic rings. The van der Waals surface area contributed by atoms with Gasteiger partial charge in [-0.05, 0) is 94.3 Å². The molecular weight excluding hydrogens is 565 g/mol. The summed E-state index contributed by atoms with van der Waals surface area (Å²) in [6.45, 7) is 8.82. The van der Waals surface area contributed by atoms with Gasteiger partial charge in [0, 0.05) is 43.8 Å². The molecule has 0 bridgehead atoms. The van der Waals surface area contributed by atoms with E-state index >= 15 is 0 Å². The molecule has 9 nitrogen and oxygen atoms in total. The van der Waals surface area contributed by atoms with E-state index in [1.54, 1.807) is 58.1 Å². The first-order valence-corrected chi connectivity index (χ1v) is 15.0. The van der Waals surface area contributed by atoms with Crippen LogP contribution in [0.15, 0.2) is 47.4 Å². The highest BCUT2D eigenvalue weighted by atomic mass is 19.1. The van der Waals surface area contributed by atoms with Crippen molar-refractivity contribution in [1.29, 1.82) is 0 Å². The van der Waals surface area contributed by atoms with E-state index < -0.39 is 5.60 Å². The average Bonchev–Trinajstić information content (AvgIpc) is 3.34. The third kappa shape index (κ3) is 6.36. The quantitative estimate of drug-likeness (QED) is 0.381. The van der Waals surface area contributed by atoms with Crippen LogP contribution in [0.25, 0.3) is 11.1 Å². The lowest BCUT2D eigenvalue weighted by atomic mass is 9.92. The number of rotatable bonds is 7. The van der Waals surface area contributed by atoms with E-state index in [0.717, 1.165) is 0 Å². The number of aryl methyl sites for hydroxylation is 3. The summed E-state index contributed by atoms with van der Waals surface area (Å²) < 4.78 is 28.4. The monoisotopic (exact) mass is 605 g/mol. The lowest BCUT2D eigenvalue weighted by Crippen LogP contribution is -2.50. The number of halogens is 1. The van der Waals surface area contributed by atoms with Gasteiger partial charge in [-0.15, -0.1) is 0 Å². The van der Waals surface area contributed by atoms with E-state index in [4.69, 9.17) is 9.47 Å². The molecule has 1 saturated heterocycles. The number of pyridine rings is 1. The van der Waals surface area contributed by atoms with Crippen LogP contribution in [0.1, 0.15) is 69.6 Å². The third-order valence-corrected chi connectivity index (χ3v) is 8.50. The molecular formula is C34H40FN3O6. The van der Waals surface area contributed by atoms with Gasteiger partial charge in [-0.3, -0.25) is 19.4 Å². The van der Waals surface area contributed by atoms with Crippen molar-refractivity contribution in [3.63, 3.8) is 0 Å². The zero-order valence-corrected chi connectivity index (χ0v) is 26.1. The van der Waals surface area contributed by atoms with Gasteiger partial charge < -0.3 is 19.1 Å². The fourth-order valence-electron chi connectivity index (χ4n) is 6.15. The lowest BCUT2D eigenvalue weighted by molar-refractivity contribution is -0.159. The third-order valence-electron chi connectivity index (χ3n) is 8.50. The predicted octanol–water partition coefficient (Wildman–Crippen LogP) is 5.51. The van der Waals surface area contributed by atoms with Gasteiger partial charge in [0.05, 0.1) is 24.3 Å². The number of benzene rings is 2. The molecule has 1 aromatic heterocycles. The summed E-state index contributed by atoms with van der Waals surface area (Å²) in [5.41, 5.74) is 1.70. The van der Waals surface area contributed by atoms with Crippen LogP contribution in [-0.2, 0) is 22.2 Å². The number of hydrogen-bond acceptors (Lipinski definition) is 6.